The van der Waals surface area contributed by atoms with Crippen LogP contribution in [0.5, 0.6) is 17.4 Å². The summed E-state index contributed by atoms with van der Waals surface area (Å²) >= 11 is 0. The van der Waals surface area contributed by atoms with E-state index in [1.807, 2.05) is 73.7 Å². The van der Waals surface area contributed by atoms with Gasteiger partial charge >= 0.3 is 5.91 Å². The normalized spacial score (nSPS) is 11.2. The van der Waals surface area contributed by atoms with Crippen molar-refractivity contribution < 1.29 is 19.4 Å². The predicted octanol–water partition coefficient (Wildman–Crippen LogP) is 5.42. The molecule has 0 aliphatic carbocycles. The highest BCUT2D eigenvalue weighted by Gasteiger charge is 2.17. The van der Waals surface area contributed by atoms with Gasteiger partial charge in [-0.15, -0.1) is 10.2 Å². The Balaban J connectivity index is 1.47. The SMILES string of the molecule is Cc1cccc(OCCn2c(O)c(N=NC(=O)COc3ccccc3)c3ccccc32)c1. The highest BCUT2D eigenvalue weighted by molar-refractivity contribution is 5.95. The van der Waals surface area contributed by atoms with E-state index in [1.54, 1.807) is 16.7 Å². The summed E-state index contributed by atoms with van der Waals surface area (Å²) in [4.78, 5) is 12.1. The molecule has 1 aromatic heterocycles. The van der Waals surface area contributed by atoms with E-state index in [0.717, 1.165) is 16.8 Å². The van der Waals surface area contributed by atoms with Crippen LogP contribution in [-0.2, 0) is 11.3 Å². The van der Waals surface area contributed by atoms with Crippen molar-refractivity contribution in [2.45, 2.75) is 13.5 Å². The van der Waals surface area contributed by atoms with Crippen molar-refractivity contribution >= 4 is 22.5 Å². The van der Waals surface area contributed by atoms with Crippen LogP contribution >= 0.6 is 0 Å². The molecule has 4 aromatic rings. The second kappa shape index (κ2) is 9.78. The van der Waals surface area contributed by atoms with E-state index in [1.165, 1.54) is 0 Å². The summed E-state index contributed by atoms with van der Waals surface area (Å²) in [6.07, 6.45) is 0. The third kappa shape index (κ3) is 4.95. The van der Waals surface area contributed by atoms with Crippen LogP contribution in [0.3, 0.4) is 0 Å². The van der Waals surface area contributed by atoms with Crippen molar-refractivity contribution in [3.05, 3.63) is 84.4 Å². The van der Waals surface area contributed by atoms with Gasteiger partial charge in [0.1, 0.15) is 18.1 Å². The highest BCUT2D eigenvalue weighted by Crippen LogP contribution is 2.38. The second-order valence-electron chi connectivity index (χ2n) is 7.20. The molecular weight excluding hydrogens is 406 g/mol. The molecule has 1 heterocycles. The Morgan fingerprint density at radius 3 is 2.50 bits per heavy atom. The van der Waals surface area contributed by atoms with Crippen molar-refractivity contribution in [2.75, 3.05) is 13.2 Å². The van der Waals surface area contributed by atoms with Crippen LogP contribution < -0.4 is 9.47 Å². The van der Waals surface area contributed by atoms with Crippen LogP contribution in [0, 0.1) is 6.92 Å². The molecule has 0 aliphatic rings. The fraction of sp³-hybridized carbons (Fsp3) is 0.160. The Kier molecular flexibility index (Phi) is 6.46. The van der Waals surface area contributed by atoms with Gasteiger partial charge in [-0.3, -0.25) is 4.79 Å². The molecule has 1 amide bonds. The molecule has 4 rings (SSSR count). The summed E-state index contributed by atoms with van der Waals surface area (Å²) in [6.45, 7) is 2.52. The number of hydrogen-bond donors (Lipinski definition) is 1. The zero-order valence-electron chi connectivity index (χ0n) is 17.6. The van der Waals surface area contributed by atoms with Crippen LogP contribution in [0.25, 0.3) is 10.9 Å². The minimum atomic E-state index is -0.548. The number of aromatic hydroxyl groups is 1. The molecule has 7 heteroatoms. The van der Waals surface area contributed by atoms with Gasteiger partial charge in [0.05, 0.1) is 12.1 Å². The minimum Gasteiger partial charge on any atom is -0.493 e. The number of carbonyl (C=O) groups excluding carboxylic acids is 1. The first kappa shape index (κ1) is 21.1. The molecule has 32 heavy (non-hydrogen) atoms. The van der Waals surface area contributed by atoms with Gasteiger partial charge in [-0.05, 0) is 42.8 Å². The number of para-hydroxylation sites is 2. The predicted molar refractivity (Wildman–Crippen MR) is 122 cm³/mol. The first-order valence-electron chi connectivity index (χ1n) is 10.2. The number of carbonyl (C=O) groups is 1. The molecule has 0 saturated heterocycles. The summed E-state index contributed by atoms with van der Waals surface area (Å²) in [7, 11) is 0. The Hall–Kier alpha value is -4.13. The lowest BCUT2D eigenvalue weighted by Gasteiger charge is -2.09. The van der Waals surface area contributed by atoms with E-state index in [9.17, 15) is 9.90 Å². The third-order valence-electron chi connectivity index (χ3n) is 4.86. The quantitative estimate of drug-likeness (QED) is 0.379. The zero-order valence-corrected chi connectivity index (χ0v) is 17.6. The lowest BCUT2D eigenvalue weighted by molar-refractivity contribution is -0.120. The Morgan fingerprint density at radius 2 is 1.69 bits per heavy atom. The van der Waals surface area contributed by atoms with Crippen molar-refractivity contribution in [2.24, 2.45) is 10.2 Å². The van der Waals surface area contributed by atoms with Crippen molar-refractivity contribution in [1.82, 2.24) is 4.57 Å². The molecule has 0 atom stereocenters. The van der Waals surface area contributed by atoms with Gasteiger partial charge in [-0.25, -0.2) is 0 Å². The van der Waals surface area contributed by atoms with Crippen LogP contribution in [0.4, 0.5) is 5.69 Å². The molecule has 0 spiro atoms. The number of rotatable bonds is 8. The Morgan fingerprint density at radius 1 is 0.938 bits per heavy atom. The summed E-state index contributed by atoms with van der Waals surface area (Å²) in [6, 6.07) is 24.2. The largest absolute Gasteiger partial charge is 0.493 e. The number of ether oxygens (including phenoxy) is 2. The Labute approximate surface area is 185 Å². The number of amides is 1. The number of benzene rings is 3. The van der Waals surface area contributed by atoms with E-state index >= 15 is 0 Å². The molecule has 0 unspecified atom stereocenters. The molecule has 3 aromatic carbocycles. The fourth-order valence-electron chi connectivity index (χ4n) is 3.35. The van der Waals surface area contributed by atoms with Gasteiger partial charge in [0.2, 0.25) is 5.88 Å². The van der Waals surface area contributed by atoms with E-state index in [-0.39, 0.29) is 18.2 Å². The van der Waals surface area contributed by atoms with Crippen molar-refractivity contribution in [1.29, 1.82) is 0 Å². The maximum absolute atomic E-state index is 12.1. The molecule has 0 saturated carbocycles. The Bertz CT molecular complexity index is 1250. The molecule has 0 aliphatic heterocycles. The lowest BCUT2D eigenvalue weighted by Crippen LogP contribution is -2.08. The molecule has 162 valence electrons. The molecule has 7 nitrogen and oxygen atoms in total. The van der Waals surface area contributed by atoms with Crippen LogP contribution in [0.2, 0.25) is 0 Å². The number of aromatic nitrogens is 1. The second-order valence-corrected chi connectivity index (χ2v) is 7.20. The minimum absolute atomic E-state index is 0.0698. The summed E-state index contributed by atoms with van der Waals surface area (Å²) in [5.41, 5.74) is 2.13. The monoisotopic (exact) mass is 429 g/mol. The van der Waals surface area contributed by atoms with E-state index in [0.29, 0.717) is 24.3 Å². The number of aryl methyl sites for hydroxylation is 1. The van der Waals surface area contributed by atoms with Gasteiger partial charge in [0, 0.05) is 5.39 Å². The van der Waals surface area contributed by atoms with Crippen LogP contribution in [0.15, 0.2) is 89.1 Å². The summed E-state index contributed by atoms with van der Waals surface area (Å²) in [5.74, 6) is 0.724. The smallest absolute Gasteiger partial charge is 0.302 e. The first-order valence-corrected chi connectivity index (χ1v) is 10.2. The number of azo groups is 1. The molecule has 0 fully saturated rings. The molecule has 0 radical (unpaired) electrons. The van der Waals surface area contributed by atoms with Gasteiger partial charge in [-0.2, -0.15) is 0 Å². The van der Waals surface area contributed by atoms with E-state index in [4.69, 9.17) is 9.47 Å². The van der Waals surface area contributed by atoms with Crippen molar-refractivity contribution in [3.63, 3.8) is 0 Å². The van der Waals surface area contributed by atoms with Crippen molar-refractivity contribution in [3.8, 4) is 17.4 Å². The molecule has 0 bridgehead atoms. The first-order chi connectivity index (χ1) is 15.6. The van der Waals surface area contributed by atoms with E-state index < -0.39 is 5.91 Å². The van der Waals surface area contributed by atoms with Gasteiger partial charge < -0.3 is 19.1 Å². The topological polar surface area (TPSA) is 85.4 Å². The highest BCUT2D eigenvalue weighted by atomic mass is 16.5. The fourth-order valence-corrected chi connectivity index (χ4v) is 3.35. The van der Waals surface area contributed by atoms with Crippen LogP contribution in [-0.4, -0.2) is 28.8 Å². The average Bonchev–Trinajstić information content (AvgIpc) is 3.08. The van der Waals surface area contributed by atoms with Crippen LogP contribution in [0.1, 0.15) is 5.56 Å². The van der Waals surface area contributed by atoms with E-state index in [2.05, 4.69) is 10.2 Å². The maximum atomic E-state index is 12.1. The van der Waals surface area contributed by atoms with Gasteiger partial charge in [0.15, 0.2) is 12.3 Å². The number of nitrogens with zero attached hydrogens (tertiary/aromatic N) is 3. The van der Waals surface area contributed by atoms with Gasteiger partial charge in [0.25, 0.3) is 0 Å². The average molecular weight is 429 g/mol. The number of hydrogen-bond acceptors (Lipinski definition) is 5. The number of fused-ring (bicyclic) bond motifs is 1. The molecular formula is C25H23N3O4. The molecule has 1 N–H and O–H groups in total. The summed E-state index contributed by atoms with van der Waals surface area (Å²) < 4.78 is 12.9. The third-order valence-corrected chi connectivity index (χ3v) is 4.86. The summed E-state index contributed by atoms with van der Waals surface area (Å²) in [5, 5.41) is 19.2. The van der Waals surface area contributed by atoms with Gasteiger partial charge in [-0.1, -0.05) is 48.5 Å². The zero-order chi connectivity index (χ0) is 22.3. The standard InChI is InChI=1S/C25H23N3O4/c1-18-8-7-11-20(16-18)31-15-14-28-22-13-6-5-12-21(22)24(25(28)30)27-26-23(29)17-32-19-9-3-2-4-10-19/h2-13,16,30H,14-15,17H2,1H3. The lowest BCUT2D eigenvalue weighted by atomic mass is 10.2. The maximum Gasteiger partial charge on any atom is 0.302 e.